The Hall–Kier alpha value is -2.15. The fraction of sp³-hybridized carbons (Fsp3) is 0.0625. The van der Waals surface area contributed by atoms with Gasteiger partial charge in [-0.25, -0.2) is 0 Å². The van der Waals surface area contributed by atoms with Crippen molar-refractivity contribution in [3.05, 3.63) is 78.6 Å². The normalized spacial score (nSPS) is 9.47. The molecule has 1 heterocycles. The smallest absolute Gasteiger partial charge is 0.0626 e. The fourth-order valence-electron chi connectivity index (χ4n) is 1.23. The van der Waals surface area contributed by atoms with Gasteiger partial charge in [0, 0.05) is 6.20 Å². The Morgan fingerprint density at radius 1 is 1.00 bits per heavy atom. The summed E-state index contributed by atoms with van der Waals surface area (Å²) in [6, 6.07) is 15.9. The summed E-state index contributed by atoms with van der Waals surface area (Å²) < 4.78 is 0. The third-order valence-corrected chi connectivity index (χ3v) is 2.06. The lowest BCUT2D eigenvalue weighted by Gasteiger charge is -1.86. The van der Waals surface area contributed by atoms with Crippen molar-refractivity contribution in [2.45, 2.75) is 6.92 Å². The van der Waals surface area contributed by atoms with Crippen molar-refractivity contribution in [1.82, 2.24) is 4.98 Å². The Morgan fingerprint density at radius 2 is 1.71 bits per heavy atom. The molecule has 0 atom stereocenters. The summed E-state index contributed by atoms with van der Waals surface area (Å²) in [6.45, 7) is 5.61. The predicted octanol–water partition coefficient (Wildman–Crippen LogP) is 4.44. The molecule has 1 nitrogen and oxygen atoms in total. The molecule has 0 unspecified atom stereocenters. The summed E-state index contributed by atoms with van der Waals surface area (Å²) in [6.07, 6.45) is 7.57. The molecule has 0 saturated carbocycles. The van der Waals surface area contributed by atoms with Gasteiger partial charge in [-0.2, -0.15) is 0 Å². The van der Waals surface area contributed by atoms with E-state index in [9.17, 15) is 0 Å². The Kier molecular flexibility index (Phi) is 6.12. The molecule has 86 valence electrons. The largest absolute Gasteiger partial charge is 0.257 e. The molecule has 0 bridgehead atoms. The van der Waals surface area contributed by atoms with Crippen LogP contribution in [0.4, 0.5) is 0 Å². The highest BCUT2D eigenvalue weighted by Gasteiger charge is 1.79. The van der Waals surface area contributed by atoms with E-state index in [0.717, 1.165) is 5.69 Å². The average Bonchev–Trinajstić information content (AvgIpc) is 2.42. The molecule has 1 heteroatoms. The quantitative estimate of drug-likeness (QED) is 0.733. The minimum atomic E-state index is 1.01. The average molecular weight is 223 g/mol. The maximum atomic E-state index is 4.08. The maximum Gasteiger partial charge on any atom is 0.0626 e. The van der Waals surface area contributed by atoms with Gasteiger partial charge in [-0.05, 0) is 30.7 Å². The van der Waals surface area contributed by atoms with Crippen LogP contribution >= 0.6 is 0 Å². The number of nitrogens with zero attached hydrogens (tertiary/aromatic N) is 1. The summed E-state index contributed by atoms with van der Waals surface area (Å²) in [5.41, 5.74) is 2.19. The van der Waals surface area contributed by atoms with E-state index in [1.54, 1.807) is 6.20 Å². The summed E-state index contributed by atoms with van der Waals surface area (Å²) in [5, 5.41) is 0. The standard InChI is InChI=1S/C8H9N.C8H8/c1-2-5-8-6-3-4-7-9-8;1-2-8-6-4-3-5-7-8/h2-7H,1H3;2-7H,1H2. The molecule has 2 aromatic rings. The number of pyridine rings is 1. The molecule has 0 N–H and O–H groups in total. The van der Waals surface area contributed by atoms with E-state index >= 15 is 0 Å². The number of hydrogen-bond acceptors (Lipinski definition) is 1. The lowest BCUT2D eigenvalue weighted by molar-refractivity contribution is 1.29. The molecule has 0 amide bonds. The van der Waals surface area contributed by atoms with Gasteiger partial charge in [0.25, 0.3) is 0 Å². The van der Waals surface area contributed by atoms with Gasteiger partial charge in [0.15, 0.2) is 0 Å². The molecule has 0 saturated heterocycles. The molecule has 0 aliphatic rings. The zero-order chi connectivity index (χ0) is 12.3. The highest BCUT2D eigenvalue weighted by Crippen LogP contribution is 1.97. The third kappa shape index (κ3) is 5.47. The lowest BCUT2D eigenvalue weighted by Crippen LogP contribution is -1.74. The Labute approximate surface area is 103 Å². The second kappa shape index (κ2) is 8.05. The molecular weight excluding hydrogens is 206 g/mol. The molecule has 2 rings (SSSR count). The highest BCUT2D eigenvalue weighted by molar-refractivity contribution is 5.45. The number of hydrogen-bond donors (Lipinski definition) is 0. The molecule has 1 aromatic carbocycles. The molecular formula is C16H17N. The van der Waals surface area contributed by atoms with E-state index in [-0.39, 0.29) is 0 Å². The number of benzene rings is 1. The SMILES string of the molecule is C=Cc1ccccc1.CC=Cc1ccccn1. The molecule has 0 radical (unpaired) electrons. The zero-order valence-corrected chi connectivity index (χ0v) is 10.1. The fourth-order valence-corrected chi connectivity index (χ4v) is 1.23. The second-order valence-electron chi connectivity index (χ2n) is 3.37. The number of rotatable bonds is 2. The van der Waals surface area contributed by atoms with Crippen LogP contribution in [0.15, 0.2) is 67.4 Å². The lowest BCUT2D eigenvalue weighted by atomic mass is 10.2. The molecule has 0 aliphatic heterocycles. The summed E-state index contributed by atoms with van der Waals surface area (Å²) in [4.78, 5) is 4.08. The minimum absolute atomic E-state index is 1.01. The van der Waals surface area contributed by atoms with Crippen molar-refractivity contribution >= 4 is 12.2 Å². The van der Waals surface area contributed by atoms with E-state index < -0.39 is 0 Å². The van der Waals surface area contributed by atoms with Crippen molar-refractivity contribution < 1.29 is 0 Å². The van der Waals surface area contributed by atoms with Gasteiger partial charge in [0.2, 0.25) is 0 Å². The molecule has 17 heavy (non-hydrogen) atoms. The summed E-state index contributed by atoms with van der Waals surface area (Å²) in [5.74, 6) is 0. The van der Waals surface area contributed by atoms with Gasteiger partial charge < -0.3 is 0 Å². The van der Waals surface area contributed by atoms with Gasteiger partial charge in [-0.1, -0.05) is 55.1 Å². The van der Waals surface area contributed by atoms with Gasteiger partial charge in [0.1, 0.15) is 0 Å². The number of allylic oxidation sites excluding steroid dienone is 1. The first-order valence-electron chi connectivity index (χ1n) is 5.58. The van der Waals surface area contributed by atoms with Crippen LogP contribution in [0.5, 0.6) is 0 Å². The predicted molar refractivity (Wildman–Crippen MR) is 75.5 cm³/mol. The Balaban J connectivity index is 0.000000171. The summed E-state index contributed by atoms with van der Waals surface area (Å²) in [7, 11) is 0. The molecule has 0 aliphatic carbocycles. The van der Waals surface area contributed by atoms with Crippen LogP contribution < -0.4 is 0 Å². The van der Waals surface area contributed by atoms with E-state index in [1.165, 1.54) is 5.56 Å². The van der Waals surface area contributed by atoms with E-state index in [4.69, 9.17) is 0 Å². The van der Waals surface area contributed by atoms with Crippen molar-refractivity contribution in [2.24, 2.45) is 0 Å². The van der Waals surface area contributed by atoms with Gasteiger partial charge in [-0.3, -0.25) is 4.98 Å². The van der Waals surface area contributed by atoms with Crippen molar-refractivity contribution in [3.8, 4) is 0 Å². The highest BCUT2D eigenvalue weighted by atomic mass is 14.6. The molecule has 0 spiro atoms. The van der Waals surface area contributed by atoms with Crippen LogP contribution in [0.1, 0.15) is 18.2 Å². The van der Waals surface area contributed by atoms with Crippen molar-refractivity contribution in [2.75, 3.05) is 0 Å². The molecule has 0 fully saturated rings. The Bertz CT molecular complexity index is 443. The third-order valence-electron chi connectivity index (χ3n) is 2.06. The van der Waals surface area contributed by atoms with Gasteiger partial charge in [-0.15, -0.1) is 0 Å². The van der Waals surface area contributed by atoms with E-state index in [2.05, 4.69) is 11.6 Å². The van der Waals surface area contributed by atoms with Crippen LogP contribution in [0, 0.1) is 0 Å². The minimum Gasteiger partial charge on any atom is -0.257 e. The summed E-state index contributed by atoms with van der Waals surface area (Å²) >= 11 is 0. The van der Waals surface area contributed by atoms with Crippen molar-refractivity contribution in [3.63, 3.8) is 0 Å². The Morgan fingerprint density at radius 3 is 2.18 bits per heavy atom. The van der Waals surface area contributed by atoms with Crippen LogP contribution in [-0.4, -0.2) is 4.98 Å². The first-order chi connectivity index (χ1) is 8.36. The van der Waals surface area contributed by atoms with E-state index in [0.29, 0.717) is 0 Å². The maximum absolute atomic E-state index is 4.08. The van der Waals surface area contributed by atoms with Gasteiger partial charge in [0.05, 0.1) is 5.69 Å². The van der Waals surface area contributed by atoms with Crippen LogP contribution in [-0.2, 0) is 0 Å². The van der Waals surface area contributed by atoms with Gasteiger partial charge >= 0.3 is 0 Å². The first kappa shape index (κ1) is 12.9. The first-order valence-corrected chi connectivity index (χ1v) is 5.58. The van der Waals surface area contributed by atoms with Crippen LogP contribution in [0.25, 0.3) is 12.2 Å². The number of aromatic nitrogens is 1. The van der Waals surface area contributed by atoms with Crippen molar-refractivity contribution in [1.29, 1.82) is 0 Å². The van der Waals surface area contributed by atoms with E-state index in [1.807, 2.05) is 73.7 Å². The molecule has 1 aromatic heterocycles. The second-order valence-corrected chi connectivity index (χ2v) is 3.37. The zero-order valence-electron chi connectivity index (χ0n) is 10.1. The van der Waals surface area contributed by atoms with Crippen LogP contribution in [0.3, 0.4) is 0 Å². The monoisotopic (exact) mass is 223 g/mol. The topological polar surface area (TPSA) is 12.9 Å². The van der Waals surface area contributed by atoms with Crippen LogP contribution in [0.2, 0.25) is 0 Å².